The number of hydrogen-bond acceptors (Lipinski definition) is 3. The van der Waals surface area contributed by atoms with Crippen molar-refractivity contribution in [3.05, 3.63) is 48.3 Å². The van der Waals surface area contributed by atoms with Gasteiger partial charge in [-0.3, -0.25) is 9.69 Å². The summed E-state index contributed by atoms with van der Waals surface area (Å²) < 4.78 is 1.87. The summed E-state index contributed by atoms with van der Waals surface area (Å²) in [5.74, 6) is 0.126. The zero-order valence-corrected chi connectivity index (χ0v) is 14.3. The van der Waals surface area contributed by atoms with E-state index in [1.165, 1.54) is 19.3 Å². The summed E-state index contributed by atoms with van der Waals surface area (Å²) in [6.45, 7) is 1.14. The fourth-order valence-electron chi connectivity index (χ4n) is 3.39. The fourth-order valence-corrected chi connectivity index (χ4v) is 3.39. The van der Waals surface area contributed by atoms with Gasteiger partial charge in [-0.1, -0.05) is 37.5 Å². The SMILES string of the molecule is CN(CC(=O)NC1CCCCC1)Cc1ccccc1-n1cccn1. The quantitative estimate of drug-likeness (QED) is 0.888. The maximum Gasteiger partial charge on any atom is 0.234 e. The van der Waals surface area contributed by atoms with Crippen LogP contribution in [-0.4, -0.2) is 40.2 Å². The molecule has 5 nitrogen and oxygen atoms in total. The molecule has 1 heterocycles. The van der Waals surface area contributed by atoms with Crippen LogP contribution in [-0.2, 0) is 11.3 Å². The van der Waals surface area contributed by atoms with Gasteiger partial charge in [0.2, 0.25) is 5.91 Å². The summed E-state index contributed by atoms with van der Waals surface area (Å²) >= 11 is 0. The van der Waals surface area contributed by atoms with E-state index in [9.17, 15) is 4.79 Å². The van der Waals surface area contributed by atoms with Gasteiger partial charge in [-0.25, -0.2) is 4.68 Å². The highest BCUT2D eigenvalue weighted by molar-refractivity contribution is 5.78. The minimum atomic E-state index is 0.126. The van der Waals surface area contributed by atoms with Gasteiger partial charge in [0, 0.05) is 25.0 Å². The van der Waals surface area contributed by atoms with Crippen molar-refractivity contribution in [1.82, 2.24) is 20.0 Å². The molecule has 5 heteroatoms. The monoisotopic (exact) mass is 326 g/mol. The summed E-state index contributed by atoms with van der Waals surface area (Å²) in [4.78, 5) is 14.3. The predicted octanol–water partition coefficient (Wildman–Crippen LogP) is 2.75. The second-order valence-electron chi connectivity index (χ2n) is 6.65. The van der Waals surface area contributed by atoms with Gasteiger partial charge in [0.15, 0.2) is 0 Å². The van der Waals surface area contributed by atoms with Crippen LogP contribution in [0.15, 0.2) is 42.7 Å². The van der Waals surface area contributed by atoms with Crippen molar-refractivity contribution in [2.45, 2.75) is 44.7 Å². The first-order chi connectivity index (χ1) is 11.7. The molecule has 1 aromatic carbocycles. The smallest absolute Gasteiger partial charge is 0.234 e. The number of rotatable bonds is 6. The Kier molecular flexibility index (Phi) is 5.64. The number of likely N-dealkylation sites (N-methyl/N-ethyl adjacent to an activating group) is 1. The summed E-state index contributed by atoms with van der Waals surface area (Å²) in [5.41, 5.74) is 2.22. The highest BCUT2D eigenvalue weighted by Crippen LogP contribution is 2.18. The number of hydrogen-bond donors (Lipinski definition) is 1. The predicted molar refractivity (Wildman–Crippen MR) is 94.9 cm³/mol. The maximum absolute atomic E-state index is 12.3. The summed E-state index contributed by atoms with van der Waals surface area (Å²) in [5, 5.41) is 7.49. The standard InChI is InChI=1S/C19H26N4O/c1-22(15-19(24)21-17-9-3-2-4-10-17)14-16-8-5-6-11-18(16)23-13-7-12-20-23/h5-8,11-13,17H,2-4,9-10,14-15H2,1H3,(H,21,24). The third-order valence-electron chi connectivity index (χ3n) is 4.57. The molecule has 1 fully saturated rings. The number of aromatic nitrogens is 2. The Morgan fingerprint density at radius 1 is 1.25 bits per heavy atom. The van der Waals surface area contributed by atoms with E-state index in [1.807, 2.05) is 36.1 Å². The highest BCUT2D eigenvalue weighted by Gasteiger charge is 2.17. The number of para-hydroxylation sites is 1. The van der Waals surface area contributed by atoms with E-state index < -0.39 is 0 Å². The van der Waals surface area contributed by atoms with Gasteiger partial charge in [0.1, 0.15) is 0 Å². The van der Waals surface area contributed by atoms with Crippen LogP contribution in [0.2, 0.25) is 0 Å². The topological polar surface area (TPSA) is 50.2 Å². The zero-order valence-electron chi connectivity index (χ0n) is 14.3. The molecule has 0 bridgehead atoms. The molecule has 0 saturated heterocycles. The molecule has 1 aromatic heterocycles. The van der Waals surface area contributed by atoms with Gasteiger partial charge >= 0.3 is 0 Å². The van der Waals surface area contributed by atoms with Crippen molar-refractivity contribution < 1.29 is 4.79 Å². The molecule has 0 spiro atoms. The van der Waals surface area contributed by atoms with Crippen LogP contribution in [0, 0.1) is 0 Å². The molecular formula is C19H26N4O. The van der Waals surface area contributed by atoms with Gasteiger partial charge in [0.05, 0.1) is 12.2 Å². The number of carbonyl (C=O) groups excluding carboxylic acids is 1. The molecule has 3 rings (SSSR count). The molecule has 0 atom stereocenters. The first-order valence-corrected chi connectivity index (χ1v) is 8.78. The van der Waals surface area contributed by atoms with E-state index in [4.69, 9.17) is 0 Å². The van der Waals surface area contributed by atoms with E-state index in [2.05, 4.69) is 27.4 Å². The molecule has 2 aromatic rings. The van der Waals surface area contributed by atoms with Gasteiger partial charge in [-0.15, -0.1) is 0 Å². The first-order valence-electron chi connectivity index (χ1n) is 8.78. The lowest BCUT2D eigenvalue weighted by molar-refractivity contribution is -0.123. The average molecular weight is 326 g/mol. The number of benzene rings is 1. The largest absolute Gasteiger partial charge is 0.352 e. The van der Waals surface area contributed by atoms with Crippen molar-refractivity contribution in [2.24, 2.45) is 0 Å². The maximum atomic E-state index is 12.3. The second kappa shape index (κ2) is 8.11. The van der Waals surface area contributed by atoms with Gasteiger partial charge < -0.3 is 5.32 Å². The average Bonchev–Trinajstić information content (AvgIpc) is 3.10. The normalized spacial score (nSPS) is 15.6. The van der Waals surface area contributed by atoms with E-state index >= 15 is 0 Å². The van der Waals surface area contributed by atoms with Crippen molar-refractivity contribution >= 4 is 5.91 Å². The van der Waals surface area contributed by atoms with Crippen LogP contribution in [0.25, 0.3) is 5.69 Å². The van der Waals surface area contributed by atoms with Gasteiger partial charge in [-0.05, 0) is 37.6 Å². The molecule has 0 unspecified atom stereocenters. The molecular weight excluding hydrogens is 300 g/mol. The fraction of sp³-hybridized carbons (Fsp3) is 0.474. The number of nitrogens with one attached hydrogen (secondary N) is 1. The number of amides is 1. The van der Waals surface area contributed by atoms with Crippen molar-refractivity contribution in [3.63, 3.8) is 0 Å². The molecule has 1 saturated carbocycles. The van der Waals surface area contributed by atoms with Crippen LogP contribution in [0.1, 0.15) is 37.7 Å². The summed E-state index contributed by atoms with van der Waals surface area (Å²) in [7, 11) is 1.99. The molecule has 0 aliphatic heterocycles. The lowest BCUT2D eigenvalue weighted by atomic mass is 9.95. The summed E-state index contributed by atoms with van der Waals surface area (Å²) in [6.07, 6.45) is 9.73. The van der Waals surface area contributed by atoms with Crippen LogP contribution < -0.4 is 5.32 Å². The lowest BCUT2D eigenvalue weighted by Crippen LogP contribution is -2.41. The molecule has 1 amide bonds. The summed E-state index contributed by atoms with van der Waals surface area (Å²) in [6, 6.07) is 10.5. The Morgan fingerprint density at radius 3 is 2.79 bits per heavy atom. The molecule has 128 valence electrons. The minimum absolute atomic E-state index is 0.126. The highest BCUT2D eigenvalue weighted by atomic mass is 16.2. The molecule has 0 radical (unpaired) electrons. The number of carbonyl (C=O) groups is 1. The first kappa shape index (κ1) is 16.7. The molecule has 1 aliphatic rings. The Labute approximate surface area is 143 Å². The van der Waals surface area contributed by atoms with Crippen LogP contribution in [0.4, 0.5) is 0 Å². The van der Waals surface area contributed by atoms with E-state index in [0.29, 0.717) is 19.1 Å². The molecule has 1 N–H and O–H groups in total. The van der Waals surface area contributed by atoms with Crippen LogP contribution in [0.3, 0.4) is 0 Å². The Morgan fingerprint density at radius 2 is 2.04 bits per heavy atom. The zero-order chi connectivity index (χ0) is 16.8. The third kappa shape index (κ3) is 4.45. The minimum Gasteiger partial charge on any atom is -0.352 e. The van der Waals surface area contributed by atoms with E-state index in [0.717, 1.165) is 24.1 Å². The van der Waals surface area contributed by atoms with Crippen molar-refractivity contribution in [3.8, 4) is 5.69 Å². The molecule has 1 aliphatic carbocycles. The Balaban J connectivity index is 1.57. The van der Waals surface area contributed by atoms with Crippen LogP contribution in [0.5, 0.6) is 0 Å². The van der Waals surface area contributed by atoms with E-state index in [1.54, 1.807) is 6.20 Å². The second-order valence-corrected chi connectivity index (χ2v) is 6.65. The third-order valence-corrected chi connectivity index (χ3v) is 4.57. The lowest BCUT2D eigenvalue weighted by Gasteiger charge is -2.24. The Hall–Kier alpha value is -2.14. The number of nitrogens with zero attached hydrogens (tertiary/aromatic N) is 3. The van der Waals surface area contributed by atoms with Gasteiger partial charge in [-0.2, -0.15) is 5.10 Å². The van der Waals surface area contributed by atoms with E-state index in [-0.39, 0.29) is 5.91 Å². The van der Waals surface area contributed by atoms with Crippen LogP contribution >= 0.6 is 0 Å². The van der Waals surface area contributed by atoms with Crippen molar-refractivity contribution in [2.75, 3.05) is 13.6 Å². The van der Waals surface area contributed by atoms with Crippen molar-refractivity contribution in [1.29, 1.82) is 0 Å². The molecule has 24 heavy (non-hydrogen) atoms. The Bertz CT molecular complexity index is 647. The van der Waals surface area contributed by atoms with Gasteiger partial charge in [0.25, 0.3) is 0 Å².